The summed E-state index contributed by atoms with van der Waals surface area (Å²) in [5.41, 5.74) is 1.80. The molecule has 112 valence electrons. The van der Waals surface area contributed by atoms with E-state index in [-0.39, 0.29) is 23.2 Å². The number of carbonyl (C=O) groups is 1. The monoisotopic (exact) mass is 294 g/mol. The summed E-state index contributed by atoms with van der Waals surface area (Å²) in [7, 11) is 0. The van der Waals surface area contributed by atoms with Crippen LogP contribution in [0.1, 0.15) is 18.1 Å². The Hall–Kier alpha value is -2.20. The second-order valence-electron chi connectivity index (χ2n) is 6.39. The molecule has 1 N–H and O–H groups in total. The van der Waals surface area contributed by atoms with E-state index in [0.717, 1.165) is 11.1 Å². The van der Waals surface area contributed by atoms with Crippen molar-refractivity contribution in [1.82, 2.24) is 9.88 Å². The van der Waals surface area contributed by atoms with E-state index in [4.69, 9.17) is 0 Å². The Morgan fingerprint density at radius 1 is 1.23 bits per heavy atom. The third-order valence-corrected chi connectivity index (χ3v) is 5.26. The van der Waals surface area contributed by atoms with Crippen LogP contribution in [0.3, 0.4) is 0 Å². The molecule has 0 bridgehead atoms. The first-order valence-electron chi connectivity index (χ1n) is 7.57. The van der Waals surface area contributed by atoms with Crippen LogP contribution in [0.2, 0.25) is 0 Å². The van der Waals surface area contributed by atoms with Gasteiger partial charge >= 0.3 is 0 Å². The van der Waals surface area contributed by atoms with E-state index in [0.29, 0.717) is 6.54 Å². The molecule has 2 heterocycles. The molecule has 2 fully saturated rings. The Kier molecular flexibility index (Phi) is 2.84. The molecule has 4 nitrogen and oxygen atoms in total. The molecule has 0 radical (unpaired) electrons. The van der Waals surface area contributed by atoms with Gasteiger partial charge in [0, 0.05) is 30.3 Å². The van der Waals surface area contributed by atoms with Gasteiger partial charge in [-0.15, -0.1) is 0 Å². The first-order chi connectivity index (χ1) is 10.6. The lowest BCUT2D eigenvalue weighted by Gasteiger charge is -2.28. The van der Waals surface area contributed by atoms with Gasteiger partial charge in [-0.1, -0.05) is 43.3 Å². The Bertz CT molecular complexity index is 704. The number of rotatable bonds is 3. The van der Waals surface area contributed by atoms with Gasteiger partial charge in [0.15, 0.2) is 0 Å². The predicted octanol–water partition coefficient (Wildman–Crippen LogP) is 1.95. The number of nitrogens with zero attached hydrogens (tertiary/aromatic N) is 2. The van der Waals surface area contributed by atoms with Crippen LogP contribution in [0.25, 0.3) is 0 Å². The standard InChI is InChI=1S/C18H18N2O2/c1-18(13-8-5-9-19-10-13)14-15(18)17(22)20(16(14)21)11-12-6-3-2-4-7-12/h2-10,14-16,21H,11H2,1H3. The summed E-state index contributed by atoms with van der Waals surface area (Å²) in [6, 6.07) is 13.7. The van der Waals surface area contributed by atoms with E-state index in [1.807, 2.05) is 42.5 Å². The van der Waals surface area contributed by atoms with Crippen molar-refractivity contribution in [3.63, 3.8) is 0 Å². The molecule has 1 saturated heterocycles. The molecule has 22 heavy (non-hydrogen) atoms. The van der Waals surface area contributed by atoms with Crippen LogP contribution in [0.15, 0.2) is 54.9 Å². The predicted molar refractivity (Wildman–Crippen MR) is 81.6 cm³/mol. The van der Waals surface area contributed by atoms with Crippen molar-refractivity contribution in [2.24, 2.45) is 11.8 Å². The third kappa shape index (κ3) is 1.74. The highest BCUT2D eigenvalue weighted by Gasteiger charge is 2.74. The van der Waals surface area contributed by atoms with Crippen molar-refractivity contribution < 1.29 is 9.90 Å². The number of aromatic nitrogens is 1. The normalized spacial score (nSPS) is 32.9. The molecule has 0 spiro atoms. The minimum atomic E-state index is -0.720. The van der Waals surface area contributed by atoms with Gasteiger partial charge in [0.25, 0.3) is 0 Å². The van der Waals surface area contributed by atoms with Crippen molar-refractivity contribution in [1.29, 1.82) is 0 Å². The second-order valence-corrected chi connectivity index (χ2v) is 6.39. The number of benzene rings is 1. The maximum Gasteiger partial charge on any atom is 0.229 e. The fourth-order valence-electron chi connectivity index (χ4n) is 3.95. The first-order valence-corrected chi connectivity index (χ1v) is 7.57. The molecule has 1 aromatic carbocycles. The zero-order chi connectivity index (χ0) is 15.3. The number of aliphatic hydroxyl groups excluding tert-OH is 1. The Morgan fingerprint density at radius 3 is 2.59 bits per heavy atom. The van der Waals surface area contributed by atoms with Gasteiger partial charge in [-0.05, 0) is 17.2 Å². The zero-order valence-corrected chi connectivity index (χ0v) is 12.4. The Labute approximate surface area is 129 Å². The fourth-order valence-corrected chi connectivity index (χ4v) is 3.95. The lowest BCUT2D eigenvalue weighted by Crippen LogP contribution is -2.40. The highest BCUT2D eigenvalue weighted by atomic mass is 16.3. The number of pyridine rings is 1. The summed E-state index contributed by atoms with van der Waals surface area (Å²) >= 11 is 0. The number of hydrogen-bond donors (Lipinski definition) is 1. The Morgan fingerprint density at radius 2 is 2.00 bits per heavy atom. The van der Waals surface area contributed by atoms with E-state index in [1.165, 1.54) is 0 Å². The summed E-state index contributed by atoms with van der Waals surface area (Å²) in [5, 5.41) is 10.6. The van der Waals surface area contributed by atoms with Crippen molar-refractivity contribution in [2.45, 2.75) is 25.1 Å². The quantitative estimate of drug-likeness (QED) is 0.941. The fraction of sp³-hybridized carbons (Fsp3) is 0.333. The summed E-state index contributed by atoms with van der Waals surface area (Å²) in [4.78, 5) is 18.4. The van der Waals surface area contributed by atoms with Crippen molar-refractivity contribution in [3.8, 4) is 0 Å². The van der Waals surface area contributed by atoms with Crippen molar-refractivity contribution >= 4 is 5.91 Å². The molecule has 4 heteroatoms. The number of piperidine rings is 1. The number of likely N-dealkylation sites (tertiary alicyclic amines) is 1. The lowest BCUT2D eigenvalue weighted by atomic mass is 9.93. The van der Waals surface area contributed by atoms with Gasteiger partial charge in [-0.25, -0.2) is 0 Å². The maximum atomic E-state index is 12.7. The van der Waals surface area contributed by atoms with E-state index < -0.39 is 6.23 Å². The smallest absolute Gasteiger partial charge is 0.229 e. The van der Waals surface area contributed by atoms with E-state index in [9.17, 15) is 9.90 Å². The minimum Gasteiger partial charge on any atom is -0.373 e. The van der Waals surface area contributed by atoms with Crippen LogP contribution in [0.4, 0.5) is 0 Å². The summed E-state index contributed by atoms with van der Waals surface area (Å²) in [6.45, 7) is 2.53. The van der Waals surface area contributed by atoms with E-state index in [1.54, 1.807) is 17.3 Å². The molecule has 4 atom stereocenters. The summed E-state index contributed by atoms with van der Waals surface area (Å²) in [6.07, 6.45) is 2.81. The van der Waals surface area contributed by atoms with Crippen LogP contribution in [-0.4, -0.2) is 27.1 Å². The third-order valence-electron chi connectivity index (χ3n) is 5.26. The number of fused-ring (bicyclic) bond motifs is 1. The zero-order valence-electron chi connectivity index (χ0n) is 12.4. The SMILES string of the molecule is CC1(c2cccnc2)C2C(=O)N(Cc3ccccc3)C(O)C21. The van der Waals surface area contributed by atoms with E-state index >= 15 is 0 Å². The first kappa shape index (κ1) is 13.5. The van der Waals surface area contributed by atoms with Gasteiger partial charge in [-0.2, -0.15) is 0 Å². The molecular weight excluding hydrogens is 276 g/mol. The molecule has 2 aliphatic rings. The lowest BCUT2D eigenvalue weighted by molar-refractivity contribution is -0.139. The summed E-state index contributed by atoms with van der Waals surface area (Å²) in [5.74, 6) is -0.115. The largest absolute Gasteiger partial charge is 0.373 e. The Balaban J connectivity index is 1.58. The highest BCUT2D eigenvalue weighted by Crippen LogP contribution is 2.65. The summed E-state index contributed by atoms with van der Waals surface area (Å²) < 4.78 is 0. The average molecular weight is 294 g/mol. The van der Waals surface area contributed by atoms with Crippen LogP contribution in [0, 0.1) is 11.8 Å². The van der Waals surface area contributed by atoms with Gasteiger partial charge < -0.3 is 10.0 Å². The van der Waals surface area contributed by atoms with Crippen molar-refractivity contribution in [2.75, 3.05) is 0 Å². The maximum absolute atomic E-state index is 12.7. The average Bonchev–Trinajstić information content (AvgIpc) is 3.12. The van der Waals surface area contributed by atoms with Crippen LogP contribution in [0.5, 0.6) is 0 Å². The molecule has 1 amide bonds. The van der Waals surface area contributed by atoms with Crippen molar-refractivity contribution in [3.05, 3.63) is 66.0 Å². The van der Waals surface area contributed by atoms with Gasteiger partial charge in [0.2, 0.25) is 5.91 Å². The topological polar surface area (TPSA) is 53.4 Å². The molecule has 2 aromatic rings. The number of amides is 1. The number of aliphatic hydroxyl groups is 1. The van der Waals surface area contributed by atoms with Crippen LogP contribution >= 0.6 is 0 Å². The molecule has 1 saturated carbocycles. The molecule has 4 unspecified atom stereocenters. The molecular formula is C18H18N2O2. The molecule has 1 aliphatic carbocycles. The minimum absolute atomic E-state index is 0.0343. The van der Waals surface area contributed by atoms with Crippen LogP contribution in [-0.2, 0) is 16.8 Å². The van der Waals surface area contributed by atoms with Crippen LogP contribution < -0.4 is 0 Å². The van der Waals surface area contributed by atoms with Gasteiger partial charge in [-0.3, -0.25) is 9.78 Å². The van der Waals surface area contributed by atoms with Gasteiger partial charge in [0.1, 0.15) is 6.23 Å². The second kappa shape index (κ2) is 4.65. The number of hydrogen-bond acceptors (Lipinski definition) is 3. The highest BCUT2D eigenvalue weighted by molar-refractivity contribution is 5.88. The van der Waals surface area contributed by atoms with E-state index in [2.05, 4.69) is 11.9 Å². The molecule has 1 aliphatic heterocycles. The molecule has 1 aromatic heterocycles. The van der Waals surface area contributed by atoms with Gasteiger partial charge in [0.05, 0.1) is 5.92 Å². The number of carbonyl (C=O) groups excluding carboxylic acids is 1. The molecule has 4 rings (SSSR count).